The molecule has 2 atom stereocenters. The summed E-state index contributed by atoms with van der Waals surface area (Å²) in [6, 6.07) is 13.8. The lowest BCUT2D eigenvalue weighted by atomic mass is 10.1. The highest BCUT2D eigenvalue weighted by molar-refractivity contribution is 5.78. The highest BCUT2D eigenvalue weighted by Crippen LogP contribution is 2.31. The first-order valence-electron chi connectivity index (χ1n) is 8.44. The zero-order chi connectivity index (χ0) is 17.4. The molecule has 0 bridgehead atoms. The van der Waals surface area contributed by atoms with Crippen molar-refractivity contribution in [2.24, 2.45) is 0 Å². The highest BCUT2D eigenvalue weighted by Gasteiger charge is 2.25. The van der Waals surface area contributed by atoms with Gasteiger partial charge in [-0.3, -0.25) is 0 Å². The van der Waals surface area contributed by atoms with Gasteiger partial charge in [0.25, 0.3) is 0 Å². The Bertz CT molecular complexity index is 901. The Hall–Kier alpha value is -2.82. The van der Waals surface area contributed by atoms with E-state index in [1.165, 1.54) is 6.07 Å². The van der Waals surface area contributed by atoms with Gasteiger partial charge in [0.2, 0.25) is 0 Å². The molecule has 0 spiro atoms. The molecule has 1 heterocycles. The number of fused-ring (bicyclic) bond motifs is 2. The van der Waals surface area contributed by atoms with E-state index in [0.29, 0.717) is 5.76 Å². The number of carbonyl (C=O) groups is 1. The van der Waals surface area contributed by atoms with E-state index in [-0.39, 0.29) is 23.9 Å². The molecule has 0 radical (unpaired) electrons. The van der Waals surface area contributed by atoms with Crippen LogP contribution in [0, 0.1) is 5.82 Å². The molecule has 1 aromatic heterocycles. The molecule has 3 aromatic rings. The second-order valence-corrected chi connectivity index (χ2v) is 6.46. The molecule has 25 heavy (non-hydrogen) atoms. The number of aryl methyl sites for hydroxylation is 1. The van der Waals surface area contributed by atoms with Gasteiger partial charge >= 0.3 is 6.03 Å². The van der Waals surface area contributed by atoms with Crippen molar-refractivity contribution in [3.05, 3.63) is 71.2 Å². The Morgan fingerprint density at radius 1 is 1.24 bits per heavy atom. The maximum Gasteiger partial charge on any atom is 0.315 e. The molecule has 1 aliphatic rings. The van der Waals surface area contributed by atoms with Gasteiger partial charge < -0.3 is 15.1 Å². The van der Waals surface area contributed by atoms with Crippen molar-refractivity contribution in [1.29, 1.82) is 0 Å². The highest BCUT2D eigenvalue weighted by atomic mass is 19.1. The minimum absolute atomic E-state index is 0.0847. The van der Waals surface area contributed by atoms with E-state index in [1.54, 1.807) is 12.1 Å². The fourth-order valence-electron chi connectivity index (χ4n) is 3.42. The summed E-state index contributed by atoms with van der Waals surface area (Å²) in [5.74, 6) is 0.479. The molecule has 4 rings (SSSR count). The number of benzene rings is 2. The van der Waals surface area contributed by atoms with Gasteiger partial charge in [0.15, 0.2) is 0 Å². The van der Waals surface area contributed by atoms with Gasteiger partial charge in [0.05, 0.1) is 12.1 Å². The fraction of sp³-hybridized carbons (Fsp3) is 0.250. The van der Waals surface area contributed by atoms with Gasteiger partial charge in [-0.25, -0.2) is 9.18 Å². The van der Waals surface area contributed by atoms with E-state index >= 15 is 0 Å². The first kappa shape index (κ1) is 15.7. The van der Waals surface area contributed by atoms with Gasteiger partial charge in [-0.15, -0.1) is 0 Å². The number of nitrogens with one attached hydrogen (secondary N) is 2. The summed E-state index contributed by atoms with van der Waals surface area (Å²) in [7, 11) is 0. The van der Waals surface area contributed by atoms with Crippen LogP contribution in [-0.2, 0) is 6.42 Å². The minimum Gasteiger partial charge on any atom is -0.459 e. The van der Waals surface area contributed by atoms with E-state index in [2.05, 4.69) is 10.6 Å². The first-order valence-corrected chi connectivity index (χ1v) is 8.44. The maximum atomic E-state index is 13.3. The van der Waals surface area contributed by atoms with E-state index in [4.69, 9.17) is 4.42 Å². The topological polar surface area (TPSA) is 54.3 Å². The van der Waals surface area contributed by atoms with Gasteiger partial charge in [-0.2, -0.15) is 0 Å². The second-order valence-electron chi connectivity index (χ2n) is 6.46. The van der Waals surface area contributed by atoms with Crippen LogP contribution in [0.15, 0.2) is 52.9 Å². The molecule has 128 valence electrons. The zero-order valence-corrected chi connectivity index (χ0v) is 13.9. The van der Waals surface area contributed by atoms with Gasteiger partial charge in [0, 0.05) is 5.39 Å². The molecule has 0 fully saturated rings. The monoisotopic (exact) mass is 338 g/mol. The average molecular weight is 338 g/mol. The van der Waals surface area contributed by atoms with Crippen molar-refractivity contribution in [2.45, 2.75) is 31.8 Å². The van der Waals surface area contributed by atoms with E-state index in [0.717, 1.165) is 34.9 Å². The molecule has 2 aromatic carbocycles. The van der Waals surface area contributed by atoms with Crippen LogP contribution in [0.2, 0.25) is 0 Å². The molecule has 2 unspecified atom stereocenters. The van der Waals surface area contributed by atoms with Crippen molar-refractivity contribution in [1.82, 2.24) is 10.6 Å². The minimum atomic E-state index is -0.255. The summed E-state index contributed by atoms with van der Waals surface area (Å²) in [5, 5.41) is 6.90. The Morgan fingerprint density at radius 3 is 2.92 bits per heavy atom. The molecule has 0 aliphatic heterocycles. The molecule has 2 N–H and O–H groups in total. The fourth-order valence-corrected chi connectivity index (χ4v) is 3.42. The predicted molar refractivity (Wildman–Crippen MR) is 93.8 cm³/mol. The van der Waals surface area contributed by atoms with Gasteiger partial charge in [0.1, 0.15) is 17.2 Å². The van der Waals surface area contributed by atoms with Crippen LogP contribution in [0.3, 0.4) is 0 Å². The summed E-state index contributed by atoms with van der Waals surface area (Å²) in [6.45, 7) is 1.88. The van der Waals surface area contributed by atoms with E-state index < -0.39 is 0 Å². The molecular weight excluding hydrogens is 319 g/mol. The zero-order valence-electron chi connectivity index (χ0n) is 13.9. The van der Waals surface area contributed by atoms with E-state index in [1.807, 2.05) is 37.3 Å². The summed E-state index contributed by atoms with van der Waals surface area (Å²) < 4.78 is 19.1. The first-order chi connectivity index (χ1) is 12.1. The number of para-hydroxylation sites is 1. The van der Waals surface area contributed by atoms with Crippen molar-refractivity contribution < 1.29 is 13.6 Å². The Balaban J connectivity index is 1.42. The lowest BCUT2D eigenvalue weighted by molar-refractivity contribution is 0.232. The normalized spacial score (nSPS) is 17.3. The third kappa shape index (κ3) is 3.09. The smallest absolute Gasteiger partial charge is 0.315 e. The molecule has 2 amide bonds. The molecule has 4 nitrogen and oxygen atoms in total. The summed E-state index contributed by atoms with van der Waals surface area (Å²) in [5.41, 5.74) is 2.77. The number of amides is 2. The number of hydrogen-bond donors (Lipinski definition) is 2. The molecule has 0 saturated heterocycles. The van der Waals surface area contributed by atoms with Crippen molar-refractivity contribution in [2.75, 3.05) is 0 Å². The largest absolute Gasteiger partial charge is 0.459 e. The van der Waals surface area contributed by atoms with Crippen LogP contribution in [0.5, 0.6) is 0 Å². The number of halogens is 1. The van der Waals surface area contributed by atoms with Crippen LogP contribution in [0.4, 0.5) is 9.18 Å². The van der Waals surface area contributed by atoms with E-state index in [9.17, 15) is 9.18 Å². The lowest BCUT2D eigenvalue weighted by Crippen LogP contribution is -2.38. The standard InChI is InChI=1S/C20H19FN2O2/c1-12(19-11-14-4-2-3-5-18(14)25-19)22-20(24)23-17-9-6-13-10-15(21)7-8-16(13)17/h2-5,7-8,10-12,17H,6,9H2,1H3,(H2,22,23,24). The molecule has 1 aliphatic carbocycles. The third-order valence-electron chi connectivity index (χ3n) is 4.71. The van der Waals surface area contributed by atoms with Gasteiger partial charge in [-0.1, -0.05) is 24.3 Å². The lowest BCUT2D eigenvalue weighted by Gasteiger charge is -2.17. The SMILES string of the molecule is CC(NC(=O)NC1CCc2cc(F)ccc21)c1cc2ccccc2o1. The Morgan fingerprint density at radius 2 is 2.08 bits per heavy atom. The Labute approximate surface area is 145 Å². The van der Waals surface area contributed by atoms with Crippen molar-refractivity contribution in [3.63, 3.8) is 0 Å². The number of hydrogen-bond acceptors (Lipinski definition) is 2. The quantitative estimate of drug-likeness (QED) is 0.732. The van der Waals surface area contributed by atoms with Crippen LogP contribution >= 0.6 is 0 Å². The Kier molecular flexibility index (Phi) is 3.92. The molecular formula is C20H19FN2O2. The summed E-state index contributed by atoms with van der Waals surface area (Å²) in [4.78, 5) is 12.3. The molecule has 5 heteroatoms. The number of carbonyl (C=O) groups excluding carboxylic acids is 1. The predicted octanol–water partition coefficient (Wildman–Crippen LogP) is 4.62. The number of urea groups is 1. The van der Waals surface area contributed by atoms with Gasteiger partial charge in [-0.05, 0) is 55.2 Å². The molecule has 0 saturated carbocycles. The third-order valence-corrected chi connectivity index (χ3v) is 4.71. The van der Waals surface area contributed by atoms with Crippen LogP contribution in [0.1, 0.15) is 42.3 Å². The average Bonchev–Trinajstić information content (AvgIpc) is 3.18. The second kappa shape index (κ2) is 6.24. The van der Waals surface area contributed by atoms with Crippen molar-refractivity contribution >= 4 is 17.0 Å². The summed E-state index contributed by atoms with van der Waals surface area (Å²) in [6.07, 6.45) is 1.56. The van der Waals surface area contributed by atoms with Crippen LogP contribution in [-0.4, -0.2) is 6.03 Å². The van der Waals surface area contributed by atoms with Crippen LogP contribution < -0.4 is 10.6 Å². The summed E-state index contributed by atoms with van der Waals surface area (Å²) >= 11 is 0. The van der Waals surface area contributed by atoms with Crippen molar-refractivity contribution in [3.8, 4) is 0 Å². The van der Waals surface area contributed by atoms with Crippen LogP contribution in [0.25, 0.3) is 11.0 Å². The number of rotatable bonds is 3. The maximum absolute atomic E-state index is 13.3. The number of furan rings is 1.